The van der Waals surface area contributed by atoms with Crippen LogP contribution in [0.15, 0.2) is 18.6 Å². The number of nitrogens with zero attached hydrogens (tertiary/aromatic N) is 2. The van der Waals surface area contributed by atoms with Crippen LogP contribution in [0.3, 0.4) is 0 Å². The minimum Gasteiger partial charge on any atom is -0.478 e. The smallest absolute Gasteiger partial charge is 0.328 e. The lowest BCUT2D eigenvalue weighted by Crippen LogP contribution is -1.91. The molecule has 1 rings (SSSR count). The van der Waals surface area contributed by atoms with Crippen LogP contribution in [-0.2, 0) is 4.79 Å². The zero-order chi connectivity index (χ0) is 8.97. The molecular weight excluding hydrogens is 163 g/mol. The summed E-state index contributed by atoms with van der Waals surface area (Å²) in [7, 11) is 0. The summed E-state index contributed by atoms with van der Waals surface area (Å²) in [6.45, 7) is 0. The van der Waals surface area contributed by atoms with Crippen LogP contribution in [-0.4, -0.2) is 21.0 Å². The number of halogens is 1. The van der Waals surface area contributed by atoms with E-state index in [9.17, 15) is 9.18 Å². The van der Waals surface area contributed by atoms with Crippen molar-refractivity contribution in [3.05, 3.63) is 30.1 Å². The molecule has 12 heavy (non-hydrogen) atoms. The van der Waals surface area contributed by atoms with Gasteiger partial charge in [-0.25, -0.2) is 19.2 Å². The van der Waals surface area contributed by atoms with E-state index in [4.69, 9.17) is 5.11 Å². The molecule has 1 heterocycles. The van der Waals surface area contributed by atoms with E-state index in [1.54, 1.807) is 0 Å². The van der Waals surface area contributed by atoms with Crippen molar-refractivity contribution in [2.75, 3.05) is 0 Å². The van der Waals surface area contributed by atoms with E-state index < -0.39 is 11.8 Å². The quantitative estimate of drug-likeness (QED) is 0.660. The predicted octanol–water partition coefficient (Wildman–Crippen LogP) is 0.714. The Morgan fingerprint density at radius 2 is 2.42 bits per heavy atom. The van der Waals surface area contributed by atoms with Crippen LogP contribution < -0.4 is 0 Å². The number of aromatic nitrogens is 2. The molecule has 0 radical (unpaired) electrons. The Morgan fingerprint density at radius 1 is 1.67 bits per heavy atom. The van der Waals surface area contributed by atoms with Crippen molar-refractivity contribution in [3.63, 3.8) is 0 Å². The largest absolute Gasteiger partial charge is 0.478 e. The number of carboxylic acid groups (broad SMARTS) is 1. The fourth-order valence-corrected chi connectivity index (χ4v) is 0.595. The minimum absolute atomic E-state index is 0.0348. The molecule has 62 valence electrons. The average molecular weight is 168 g/mol. The Bertz CT molecular complexity index is 325. The van der Waals surface area contributed by atoms with Crippen LogP contribution in [0.2, 0.25) is 0 Å². The van der Waals surface area contributed by atoms with Gasteiger partial charge in [-0.05, 0) is 6.08 Å². The van der Waals surface area contributed by atoms with Crippen molar-refractivity contribution in [1.82, 2.24) is 9.97 Å². The van der Waals surface area contributed by atoms with Gasteiger partial charge in [0.2, 0.25) is 0 Å². The van der Waals surface area contributed by atoms with Crippen molar-refractivity contribution < 1.29 is 14.3 Å². The molecule has 4 nitrogen and oxygen atoms in total. The third-order valence-electron chi connectivity index (χ3n) is 1.08. The van der Waals surface area contributed by atoms with Gasteiger partial charge in [-0.15, -0.1) is 0 Å². The Morgan fingerprint density at radius 3 is 3.00 bits per heavy atom. The number of hydrogen-bond acceptors (Lipinski definition) is 3. The highest BCUT2D eigenvalue weighted by molar-refractivity contribution is 5.84. The lowest BCUT2D eigenvalue weighted by Gasteiger charge is -1.91. The number of aliphatic carboxylic acids is 1. The predicted molar refractivity (Wildman–Crippen MR) is 38.7 cm³/mol. The molecule has 0 amide bonds. The molecule has 0 atom stereocenters. The lowest BCUT2D eigenvalue weighted by atomic mass is 10.3. The van der Waals surface area contributed by atoms with Gasteiger partial charge in [0.1, 0.15) is 12.0 Å². The number of hydrogen-bond donors (Lipinski definition) is 1. The number of carbonyl (C=O) groups is 1. The second-order valence-electron chi connectivity index (χ2n) is 1.93. The normalized spacial score (nSPS) is 10.4. The van der Waals surface area contributed by atoms with Gasteiger partial charge in [0.25, 0.3) is 0 Å². The molecular formula is C7H5FN2O2. The second kappa shape index (κ2) is 3.56. The van der Waals surface area contributed by atoms with Crippen molar-refractivity contribution >= 4 is 12.0 Å². The molecule has 0 aliphatic heterocycles. The summed E-state index contributed by atoms with van der Waals surface area (Å²) in [5, 5.41) is 8.21. The number of rotatable bonds is 2. The first-order chi connectivity index (χ1) is 5.70. The molecule has 0 bridgehead atoms. The van der Waals surface area contributed by atoms with E-state index in [0.717, 1.165) is 24.7 Å². The summed E-state index contributed by atoms with van der Waals surface area (Å²) in [5.74, 6) is -1.79. The van der Waals surface area contributed by atoms with Crippen molar-refractivity contribution in [2.24, 2.45) is 0 Å². The maximum atomic E-state index is 12.7. The maximum Gasteiger partial charge on any atom is 0.328 e. The Labute approximate surface area is 67.4 Å². The van der Waals surface area contributed by atoms with Crippen LogP contribution in [0.4, 0.5) is 4.39 Å². The topological polar surface area (TPSA) is 63.1 Å². The standard InChI is InChI=1S/C7H5FN2O2/c8-5-3-9-4-10-6(5)1-2-7(11)12/h1-4H,(H,11,12)/b2-1+. The van der Waals surface area contributed by atoms with Gasteiger partial charge in [-0.3, -0.25) is 0 Å². The monoisotopic (exact) mass is 168 g/mol. The summed E-state index contributed by atoms with van der Waals surface area (Å²) in [4.78, 5) is 16.9. The maximum absolute atomic E-state index is 12.7. The van der Waals surface area contributed by atoms with E-state index >= 15 is 0 Å². The van der Waals surface area contributed by atoms with Crippen LogP contribution in [0.25, 0.3) is 6.08 Å². The zero-order valence-corrected chi connectivity index (χ0v) is 5.94. The fraction of sp³-hybridized carbons (Fsp3) is 0. The summed E-state index contributed by atoms with van der Waals surface area (Å²) in [6, 6.07) is 0. The Balaban J connectivity index is 2.89. The summed E-state index contributed by atoms with van der Waals surface area (Å²) in [5.41, 5.74) is -0.0348. The summed E-state index contributed by atoms with van der Waals surface area (Å²) >= 11 is 0. The molecule has 0 spiro atoms. The average Bonchev–Trinajstić information content (AvgIpc) is 2.03. The van der Waals surface area contributed by atoms with Crippen LogP contribution in [0.1, 0.15) is 5.69 Å². The Kier molecular flexibility index (Phi) is 2.47. The molecule has 5 heteroatoms. The van der Waals surface area contributed by atoms with Crippen LogP contribution >= 0.6 is 0 Å². The van der Waals surface area contributed by atoms with Gasteiger partial charge in [0.05, 0.1) is 6.20 Å². The van der Waals surface area contributed by atoms with Crippen molar-refractivity contribution in [2.45, 2.75) is 0 Å². The summed E-state index contributed by atoms with van der Waals surface area (Å²) < 4.78 is 12.7. The first kappa shape index (κ1) is 8.32. The van der Waals surface area contributed by atoms with Gasteiger partial charge in [-0.2, -0.15) is 0 Å². The van der Waals surface area contributed by atoms with Crippen LogP contribution in [0, 0.1) is 5.82 Å². The molecule has 0 saturated carbocycles. The number of carboxylic acids is 1. The molecule has 0 saturated heterocycles. The third-order valence-corrected chi connectivity index (χ3v) is 1.08. The highest BCUT2D eigenvalue weighted by Crippen LogP contribution is 2.01. The van der Waals surface area contributed by atoms with E-state index in [1.165, 1.54) is 0 Å². The molecule has 1 aromatic rings. The Hall–Kier alpha value is -1.78. The van der Waals surface area contributed by atoms with Crippen molar-refractivity contribution in [1.29, 1.82) is 0 Å². The highest BCUT2D eigenvalue weighted by atomic mass is 19.1. The minimum atomic E-state index is -1.15. The molecule has 0 aliphatic rings. The van der Waals surface area contributed by atoms with E-state index in [0.29, 0.717) is 0 Å². The van der Waals surface area contributed by atoms with Gasteiger partial charge in [0, 0.05) is 6.08 Å². The van der Waals surface area contributed by atoms with E-state index in [-0.39, 0.29) is 5.69 Å². The fourth-order valence-electron chi connectivity index (χ4n) is 0.595. The molecule has 0 unspecified atom stereocenters. The SMILES string of the molecule is O=C(O)/C=C/c1ncncc1F. The molecule has 0 fully saturated rings. The third kappa shape index (κ3) is 2.12. The first-order valence-electron chi connectivity index (χ1n) is 3.06. The molecule has 1 aromatic heterocycles. The lowest BCUT2D eigenvalue weighted by molar-refractivity contribution is -0.131. The molecule has 0 aromatic carbocycles. The van der Waals surface area contributed by atoms with Gasteiger partial charge < -0.3 is 5.11 Å². The highest BCUT2D eigenvalue weighted by Gasteiger charge is 1.98. The van der Waals surface area contributed by atoms with Crippen LogP contribution in [0.5, 0.6) is 0 Å². The van der Waals surface area contributed by atoms with Crippen molar-refractivity contribution in [3.8, 4) is 0 Å². The first-order valence-corrected chi connectivity index (χ1v) is 3.06. The van der Waals surface area contributed by atoms with Gasteiger partial charge >= 0.3 is 5.97 Å². The second-order valence-corrected chi connectivity index (χ2v) is 1.93. The van der Waals surface area contributed by atoms with E-state index in [2.05, 4.69) is 9.97 Å². The van der Waals surface area contributed by atoms with Gasteiger partial charge in [0.15, 0.2) is 5.82 Å². The zero-order valence-electron chi connectivity index (χ0n) is 5.94. The van der Waals surface area contributed by atoms with Gasteiger partial charge in [-0.1, -0.05) is 0 Å². The summed E-state index contributed by atoms with van der Waals surface area (Å²) in [6.07, 6.45) is 3.99. The van der Waals surface area contributed by atoms with E-state index in [1.807, 2.05) is 0 Å². The molecule has 0 aliphatic carbocycles. The molecule has 1 N–H and O–H groups in total.